The van der Waals surface area contributed by atoms with Crippen molar-refractivity contribution in [2.24, 2.45) is 0 Å². The van der Waals surface area contributed by atoms with E-state index in [0.29, 0.717) is 17.9 Å². The van der Waals surface area contributed by atoms with Crippen LogP contribution in [0.15, 0.2) is 24.3 Å². The average molecular weight is 229 g/mol. The minimum absolute atomic E-state index is 0.306. The first-order valence-electron chi connectivity index (χ1n) is 5.67. The fourth-order valence-corrected chi connectivity index (χ4v) is 1.79. The third kappa shape index (κ3) is 2.28. The van der Waals surface area contributed by atoms with Gasteiger partial charge in [-0.25, -0.2) is 4.79 Å². The minimum atomic E-state index is -0.306. The first-order valence-corrected chi connectivity index (χ1v) is 5.67. The van der Waals surface area contributed by atoms with Crippen molar-refractivity contribution in [3.05, 3.63) is 41.1 Å². The van der Waals surface area contributed by atoms with E-state index < -0.39 is 0 Å². The van der Waals surface area contributed by atoms with Crippen LogP contribution >= 0.6 is 0 Å². The molecule has 0 amide bonds. The van der Waals surface area contributed by atoms with Crippen LogP contribution in [0.3, 0.4) is 0 Å². The maximum Gasteiger partial charge on any atom is 0.339 e. The number of aryl methyl sites for hydroxylation is 2. The van der Waals surface area contributed by atoms with Gasteiger partial charge in [0, 0.05) is 5.39 Å². The molecule has 0 aliphatic rings. The molecule has 0 radical (unpaired) electrons. The number of hydrogen-bond acceptors (Lipinski definition) is 3. The summed E-state index contributed by atoms with van der Waals surface area (Å²) in [4.78, 5) is 16.2. The summed E-state index contributed by atoms with van der Waals surface area (Å²) >= 11 is 0. The molecule has 0 atom stereocenters. The van der Waals surface area contributed by atoms with Gasteiger partial charge in [-0.15, -0.1) is 0 Å². The van der Waals surface area contributed by atoms with Crippen molar-refractivity contribution in [3.8, 4) is 0 Å². The summed E-state index contributed by atoms with van der Waals surface area (Å²) in [7, 11) is 0. The molecule has 0 aliphatic heterocycles. The number of pyridine rings is 1. The highest BCUT2D eigenvalue weighted by atomic mass is 16.5. The van der Waals surface area contributed by atoms with Crippen LogP contribution in [0.5, 0.6) is 0 Å². The lowest BCUT2D eigenvalue weighted by Crippen LogP contribution is -2.07. The van der Waals surface area contributed by atoms with Gasteiger partial charge in [0.2, 0.25) is 0 Å². The molecule has 0 unspecified atom stereocenters. The third-order valence-corrected chi connectivity index (χ3v) is 2.66. The number of nitrogens with zero attached hydrogens (tertiary/aromatic N) is 1. The monoisotopic (exact) mass is 229 g/mol. The number of rotatable bonds is 2. The van der Waals surface area contributed by atoms with E-state index in [1.54, 1.807) is 6.92 Å². The largest absolute Gasteiger partial charge is 0.462 e. The Morgan fingerprint density at radius 3 is 2.76 bits per heavy atom. The van der Waals surface area contributed by atoms with Gasteiger partial charge in [-0.2, -0.15) is 0 Å². The predicted molar refractivity (Wildman–Crippen MR) is 67.2 cm³/mol. The Labute approximate surface area is 100 Å². The number of esters is 1. The second kappa shape index (κ2) is 4.53. The molecule has 0 bridgehead atoms. The van der Waals surface area contributed by atoms with Crippen molar-refractivity contribution < 1.29 is 9.53 Å². The van der Waals surface area contributed by atoms with E-state index in [2.05, 4.69) is 4.98 Å². The van der Waals surface area contributed by atoms with Gasteiger partial charge >= 0.3 is 5.97 Å². The lowest BCUT2D eigenvalue weighted by atomic mass is 10.1. The maximum atomic E-state index is 11.7. The van der Waals surface area contributed by atoms with Crippen molar-refractivity contribution in [2.45, 2.75) is 20.8 Å². The summed E-state index contributed by atoms with van der Waals surface area (Å²) in [5.41, 5.74) is 3.33. The van der Waals surface area contributed by atoms with Gasteiger partial charge in [0.15, 0.2) is 0 Å². The molecule has 0 fully saturated rings. The fourth-order valence-electron chi connectivity index (χ4n) is 1.79. The van der Waals surface area contributed by atoms with Crippen molar-refractivity contribution in [1.82, 2.24) is 4.98 Å². The molecule has 3 heteroatoms. The van der Waals surface area contributed by atoms with Gasteiger partial charge in [-0.1, -0.05) is 12.1 Å². The summed E-state index contributed by atoms with van der Waals surface area (Å²) in [5, 5.41) is 0.962. The van der Waals surface area contributed by atoms with E-state index in [1.165, 1.54) is 0 Å². The molecule has 88 valence electrons. The van der Waals surface area contributed by atoms with E-state index >= 15 is 0 Å². The van der Waals surface area contributed by atoms with Crippen LogP contribution in [0.2, 0.25) is 0 Å². The summed E-state index contributed by atoms with van der Waals surface area (Å²) in [5.74, 6) is -0.306. The molecule has 1 heterocycles. The number of benzene rings is 1. The van der Waals surface area contributed by atoms with E-state index in [-0.39, 0.29) is 5.97 Å². The predicted octanol–water partition coefficient (Wildman–Crippen LogP) is 3.03. The highest BCUT2D eigenvalue weighted by Gasteiger charge is 2.12. The first-order chi connectivity index (χ1) is 8.11. The van der Waals surface area contributed by atoms with Crippen LogP contribution < -0.4 is 0 Å². The second-order valence-electron chi connectivity index (χ2n) is 4.04. The van der Waals surface area contributed by atoms with Gasteiger partial charge in [0.1, 0.15) is 0 Å². The molecule has 0 saturated heterocycles. The van der Waals surface area contributed by atoms with Gasteiger partial charge in [-0.05, 0) is 38.5 Å². The molecule has 0 spiro atoms. The SMILES string of the molecule is CCOC(=O)c1cc2ccc(C)cc2nc1C. The standard InChI is InChI=1S/C14H15NO2/c1-4-17-14(16)12-8-11-6-5-9(2)7-13(11)15-10(12)3/h5-8H,4H2,1-3H3. The molecule has 3 nitrogen and oxygen atoms in total. The zero-order valence-electron chi connectivity index (χ0n) is 10.3. The van der Waals surface area contributed by atoms with Gasteiger partial charge in [0.05, 0.1) is 23.4 Å². The van der Waals surface area contributed by atoms with Gasteiger partial charge < -0.3 is 4.74 Å². The Morgan fingerprint density at radius 1 is 1.29 bits per heavy atom. The number of carbonyl (C=O) groups is 1. The Balaban J connectivity index is 2.55. The van der Waals surface area contributed by atoms with Crippen LogP contribution in [-0.4, -0.2) is 17.6 Å². The Kier molecular flexibility index (Phi) is 3.09. The molecule has 1 aromatic carbocycles. The Bertz CT molecular complexity index is 576. The summed E-state index contributed by atoms with van der Waals surface area (Å²) in [6, 6.07) is 7.83. The quantitative estimate of drug-likeness (QED) is 0.743. The molecule has 0 aliphatic carbocycles. The molecular weight excluding hydrogens is 214 g/mol. The lowest BCUT2D eigenvalue weighted by molar-refractivity contribution is 0.0525. The van der Waals surface area contributed by atoms with Crippen molar-refractivity contribution >= 4 is 16.9 Å². The zero-order chi connectivity index (χ0) is 12.4. The Morgan fingerprint density at radius 2 is 2.06 bits per heavy atom. The van der Waals surface area contributed by atoms with Crippen LogP contribution in [-0.2, 0) is 4.74 Å². The van der Waals surface area contributed by atoms with E-state index in [9.17, 15) is 4.79 Å². The topological polar surface area (TPSA) is 39.2 Å². The average Bonchev–Trinajstić information content (AvgIpc) is 2.28. The molecule has 0 saturated carbocycles. The lowest BCUT2D eigenvalue weighted by Gasteiger charge is -2.07. The van der Waals surface area contributed by atoms with E-state index in [4.69, 9.17) is 4.74 Å². The van der Waals surface area contributed by atoms with Crippen molar-refractivity contribution in [3.63, 3.8) is 0 Å². The minimum Gasteiger partial charge on any atom is -0.462 e. The molecule has 2 aromatic rings. The zero-order valence-corrected chi connectivity index (χ0v) is 10.3. The van der Waals surface area contributed by atoms with E-state index in [0.717, 1.165) is 16.5 Å². The third-order valence-electron chi connectivity index (χ3n) is 2.66. The first kappa shape index (κ1) is 11.6. The molecule has 2 rings (SSSR count). The second-order valence-corrected chi connectivity index (χ2v) is 4.04. The fraction of sp³-hybridized carbons (Fsp3) is 0.286. The number of carbonyl (C=O) groups excluding carboxylic acids is 1. The van der Waals surface area contributed by atoms with Gasteiger partial charge in [0.25, 0.3) is 0 Å². The highest BCUT2D eigenvalue weighted by molar-refractivity contribution is 5.95. The smallest absolute Gasteiger partial charge is 0.339 e. The van der Waals surface area contributed by atoms with Gasteiger partial charge in [-0.3, -0.25) is 4.98 Å². The summed E-state index contributed by atoms with van der Waals surface area (Å²) < 4.78 is 5.00. The van der Waals surface area contributed by atoms with Crippen molar-refractivity contribution in [1.29, 1.82) is 0 Å². The van der Waals surface area contributed by atoms with Crippen LogP contribution in [0, 0.1) is 13.8 Å². The summed E-state index contributed by atoms with van der Waals surface area (Å²) in [6.45, 7) is 6.03. The Hall–Kier alpha value is -1.90. The van der Waals surface area contributed by atoms with E-state index in [1.807, 2.05) is 38.1 Å². The van der Waals surface area contributed by atoms with Crippen LogP contribution in [0.4, 0.5) is 0 Å². The number of aromatic nitrogens is 1. The maximum absolute atomic E-state index is 11.7. The molecule has 1 aromatic heterocycles. The van der Waals surface area contributed by atoms with Crippen molar-refractivity contribution in [2.75, 3.05) is 6.61 Å². The molecular formula is C14H15NO2. The summed E-state index contributed by atoms with van der Waals surface area (Å²) in [6.07, 6.45) is 0. The number of hydrogen-bond donors (Lipinski definition) is 0. The number of fused-ring (bicyclic) bond motifs is 1. The molecule has 17 heavy (non-hydrogen) atoms. The normalized spacial score (nSPS) is 10.5. The number of ether oxygens (including phenoxy) is 1. The van der Waals surface area contributed by atoms with Crippen LogP contribution in [0.1, 0.15) is 28.5 Å². The van der Waals surface area contributed by atoms with Crippen LogP contribution in [0.25, 0.3) is 10.9 Å². The molecule has 0 N–H and O–H groups in total. The highest BCUT2D eigenvalue weighted by Crippen LogP contribution is 2.18.